The molecule has 50 valence electrons. The van der Waals surface area contributed by atoms with Gasteiger partial charge in [0.15, 0.2) is 0 Å². The van der Waals surface area contributed by atoms with E-state index in [0.717, 1.165) is 0 Å². The summed E-state index contributed by atoms with van der Waals surface area (Å²) in [6.07, 6.45) is 0. The summed E-state index contributed by atoms with van der Waals surface area (Å²) in [5.74, 6) is 0.541. The minimum atomic E-state index is 0.488. The first-order chi connectivity index (χ1) is 4.24. The predicted molar refractivity (Wildman–Crippen MR) is 34.5 cm³/mol. The Labute approximate surface area is 53.8 Å². The summed E-state index contributed by atoms with van der Waals surface area (Å²) >= 11 is 0. The van der Waals surface area contributed by atoms with Crippen LogP contribution in [-0.2, 0) is 4.74 Å². The van der Waals surface area contributed by atoms with Crippen LogP contribution in [0, 0.1) is 0 Å². The van der Waals surface area contributed by atoms with Crippen molar-refractivity contribution >= 4 is 6.02 Å². The molecule has 9 heavy (non-hydrogen) atoms. The molecule has 0 aromatic carbocycles. The van der Waals surface area contributed by atoms with Gasteiger partial charge in [-0.1, -0.05) is 0 Å². The first-order valence-corrected chi connectivity index (χ1v) is 2.61. The average Bonchev–Trinajstić information content (AvgIpc) is 2.13. The van der Waals surface area contributed by atoms with Gasteiger partial charge in [0.05, 0.1) is 0 Å². The van der Waals surface area contributed by atoms with E-state index in [9.17, 15) is 0 Å². The van der Waals surface area contributed by atoms with Crippen molar-refractivity contribution < 1.29 is 4.74 Å². The van der Waals surface area contributed by atoms with Gasteiger partial charge in [0, 0.05) is 14.1 Å². The van der Waals surface area contributed by atoms with E-state index in [1.807, 2.05) is 0 Å². The highest BCUT2D eigenvalue weighted by Gasteiger charge is 2.13. The van der Waals surface area contributed by atoms with Gasteiger partial charge in [-0.15, -0.1) is 5.10 Å². The largest absolute Gasteiger partial charge is 0.407 e. The van der Waals surface area contributed by atoms with Crippen LogP contribution >= 0.6 is 0 Å². The molecule has 0 saturated heterocycles. The molecule has 1 N–H and O–H groups in total. The zero-order chi connectivity index (χ0) is 6.85. The normalized spacial score (nSPS) is 17.3. The van der Waals surface area contributed by atoms with Crippen molar-refractivity contribution in [2.45, 2.75) is 0 Å². The maximum atomic E-state index is 4.99. The zero-order valence-corrected chi connectivity index (χ0v) is 5.51. The molecule has 0 radical (unpaired) electrons. The van der Waals surface area contributed by atoms with E-state index in [4.69, 9.17) is 4.74 Å². The summed E-state index contributed by atoms with van der Waals surface area (Å²) in [6, 6.07) is 0.488. The Bertz CT molecular complexity index is 164. The maximum Gasteiger partial charge on any atom is 0.313 e. The topological polar surface area (TPSA) is 36.9 Å². The second-order valence-electron chi connectivity index (χ2n) is 1.67. The Hall–Kier alpha value is -1.19. The van der Waals surface area contributed by atoms with E-state index in [1.165, 1.54) is 0 Å². The minimum absolute atomic E-state index is 0.488. The van der Waals surface area contributed by atoms with Gasteiger partial charge >= 0.3 is 6.02 Å². The third kappa shape index (κ3) is 0.960. The fourth-order valence-electron chi connectivity index (χ4n) is 0.491. The molecule has 4 heteroatoms. The fourth-order valence-corrected chi connectivity index (χ4v) is 0.491. The van der Waals surface area contributed by atoms with Crippen LogP contribution in [0.4, 0.5) is 0 Å². The van der Waals surface area contributed by atoms with Crippen LogP contribution in [-0.4, -0.2) is 25.1 Å². The summed E-state index contributed by atoms with van der Waals surface area (Å²) in [5, 5.41) is 8.22. The summed E-state index contributed by atoms with van der Waals surface area (Å²) in [7, 11) is 3.51. The molecule has 1 rings (SSSR count). The van der Waals surface area contributed by atoms with E-state index >= 15 is 0 Å². The Morgan fingerprint density at radius 1 is 1.78 bits per heavy atom. The van der Waals surface area contributed by atoms with Crippen molar-refractivity contribution in [3.8, 4) is 0 Å². The molecule has 0 aromatic rings. The van der Waals surface area contributed by atoms with Crippen molar-refractivity contribution in [1.82, 2.24) is 10.3 Å². The second kappa shape index (κ2) is 1.97. The molecule has 0 atom stereocenters. The highest BCUT2D eigenvalue weighted by Crippen LogP contribution is 2.08. The number of ether oxygens (including phenoxy) is 1. The molecule has 0 fully saturated rings. The van der Waals surface area contributed by atoms with Gasteiger partial charge in [-0.2, -0.15) is 0 Å². The van der Waals surface area contributed by atoms with Crippen molar-refractivity contribution in [3.63, 3.8) is 0 Å². The first kappa shape index (κ1) is 5.94. The smallest absolute Gasteiger partial charge is 0.313 e. The Morgan fingerprint density at radius 3 is 2.67 bits per heavy atom. The molecular formula is C5H9N3O. The molecule has 1 heterocycles. The number of amidine groups is 1. The summed E-state index contributed by atoms with van der Waals surface area (Å²) in [6.45, 7) is 3.58. The van der Waals surface area contributed by atoms with Crippen LogP contribution in [0.2, 0.25) is 0 Å². The highest BCUT2D eigenvalue weighted by molar-refractivity contribution is 5.75. The lowest BCUT2D eigenvalue weighted by Crippen LogP contribution is -2.16. The third-order valence-electron chi connectivity index (χ3n) is 1.03. The molecule has 0 saturated carbocycles. The summed E-state index contributed by atoms with van der Waals surface area (Å²) in [5.41, 5.74) is 0. The lowest BCUT2D eigenvalue weighted by molar-refractivity contribution is 0.304. The molecule has 0 amide bonds. The number of nitrogens with one attached hydrogen (secondary N) is 1. The third-order valence-corrected chi connectivity index (χ3v) is 1.03. The monoisotopic (exact) mass is 127 g/mol. The standard InChI is InChI=1S/C5H9N3O/c1-4-8(3)7-5(6-2)9-4/h1H2,2-3H3,(H,6,7). The predicted octanol–water partition coefficient (Wildman–Crippen LogP) is -0.0900. The molecule has 1 aliphatic heterocycles. The van der Waals surface area contributed by atoms with E-state index in [0.29, 0.717) is 11.9 Å². The van der Waals surface area contributed by atoms with Gasteiger partial charge in [0.1, 0.15) is 0 Å². The number of hydrogen-bond donors (Lipinski definition) is 1. The van der Waals surface area contributed by atoms with Crippen molar-refractivity contribution in [2.24, 2.45) is 5.10 Å². The number of hydrogen-bond acceptors (Lipinski definition) is 4. The lowest BCUT2D eigenvalue weighted by atomic mass is 10.9. The molecule has 4 nitrogen and oxygen atoms in total. The van der Waals surface area contributed by atoms with Crippen molar-refractivity contribution in [3.05, 3.63) is 12.5 Å². The van der Waals surface area contributed by atoms with E-state index in [2.05, 4.69) is 17.0 Å². The Morgan fingerprint density at radius 2 is 2.44 bits per heavy atom. The van der Waals surface area contributed by atoms with Gasteiger partial charge in [0.25, 0.3) is 0 Å². The summed E-state index contributed by atoms with van der Waals surface area (Å²) < 4.78 is 4.99. The molecule has 0 aromatic heterocycles. The quantitative estimate of drug-likeness (QED) is 0.494. The zero-order valence-electron chi connectivity index (χ0n) is 5.51. The lowest BCUT2D eigenvalue weighted by Gasteiger charge is -2.01. The minimum Gasteiger partial charge on any atom is -0.407 e. The SMILES string of the molecule is C=C1OC(NC)=NN1C. The number of hydrazone groups is 1. The van der Waals surface area contributed by atoms with Crippen LogP contribution in [0.15, 0.2) is 17.6 Å². The molecular weight excluding hydrogens is 118 g/mol. The maximum absolute atomic E-state index is 4.99. The van der Waals surface area contributed by atoms with Gasteiger partial charge in [-0.25, -0.2) is 5.01 Å². The molecule has 0 bridgehead atoms. The van der Waals surface area contributed by atoms with Crippen LogP contribution in [0.1, 0.15) is 0 Å². The van der Waals surface area contributed by atoms with Gasteiger partial charge in [0.2, 0.25) is 5.88 Å². The van der Waals surface area contributed by atoms with Crippen LogP contribution < -0.4 is 5.32 Å². The van der Waals surface area contributed by atoms with Gasteiger partial charge in [-0.3, -0.25) is 0 Å². The first-order valence-electron chi connectivity index (χ1n) is 2.61. The van der Waals surface area contributed by atoms with Gasteiger partial charge < -0.3 is 10.1 Å². The fraction of sp³-hybridized carbons (Fsp3) is 0.400. The Kier molecular flexibility index (Phi) is 1.30. The molecule has 1 aliphatic rings. The van der Waals surface area contributed by atoms with Crippen LogP contribution in [0.5, 0.6) is 0 Å². The number of nitrogens with zero attached hydrogens (tertiary/aromatic N) is 2. The van der Waals surface area contributed by atoms with E-state index in [-0.39, 0.29) is 0 Å². The van der Waals surface area contributed by atoms with E-state index < -0.39 is 0 Å². The van der Waals surface area contributed by atoms with Crippen molar-refractivity contribution in [1.29, 1.82) is 0 Å². The molecule has 0 aliphatic carbocycles. The number of rotatable bonds is 0. The molecule has 0 spiro atoms. The highest BCUT2D eigenvalue weighted by atomic mass is 16.5. The van der Waals surface area contributed by atoms with Gasteiger partial charge in [-0.05, 0) is 6.58 Å². The Balaban J connectivity index is 2.62. The summed E-state index contributed by atoms with van der Waals surface area (Å²) in [4.78, 5) is 0. The van der Waals surface area contributed by atoms with Crippen LogP contribution in [0.3, 0.4) is 0 Å². The second-order valence-corrected chi connectivity index (χ2v) is 1.67. The molecule has 0 unspecified atom stereocenters. The van der Waals surface area contributed by atoms with Crippen LogP contribution in [0.25, 0.3) is 0 Å². The van der Waals surface area contributed by atoms with Crippen molar-refractivity contribution in [2.75, 3.05) is 14.1 Å². The van der Waals surface area contributed by atoms with E-state index in [1.54, 1.807) is 19.1 Å². The average molecular weight is 127 g/mol.